The molecule has 0 aliphatic heterocycles. The Balaban J connectivity index is 1.87. The number of carbonyl (C=O) groups is 3. The van der Waals surface area contributed by atoms with E-state index in [1.165, 1.54) is 48.8 Å². The van der Waals surface area contributed by atoms with Crippen LogP contribution in [-0.4, -0.2) is 28.3 Å². The van der Waals surface area contributed by atoms with Crippen LogP contribution in [-0.2, 0) is 47.4 Å². The number of aromatic nitrogens is 1. The highest BCUT2D eigenvalue weighted by Gasteiger charge is 2.54. The lowest BCUT2D eigenvalue weighted by atomic mass is 9.94. The Morgan fingerprint density at radius 1 is 0.971 bits per heavy atom. The van der Waals surface area contributed by atoms with Crippen LogP contribution in [0, 0.1) is 10.1 Å². The van der Waals surface area contributed by atoms with Crippen LogP contribution in [0.4, 0.5) is 5.69 Å². The standard InChI is InChI=1S/C23H17ClN2O8/c24-20-4-2-1-3-17(20)14-33-22(29)23(34-15-27,18-9-11-25-12-10-18)21(28)32-13-16-5-7-19(8-6-16)26(30)31/h1-12,15H,13-14H2. The number of carbonyl (C=O) groups excluding carboxylic acids is 3. The van der Waals surface area contributed by atoms with Crippen LogP contribution in [0.25, 0.3) is 0 Å². The Morgan fingerprint density at radius 3 is 2.18 bits per heavy atom. The molecule has 1 heterocycles. The number of pyridine rings is 1. The first-order valence-electron chi connectivity index (χ1n) is 9.71. The first-order valence-corrected chi connectivity index (χ1v) is 10.1. The summed E-state index contributed by atoms with van der Waals surface area (Å²) >= 11 is 6.09. The van der Waals surface area contributed by atoms with E-state index in [4.69, 9.17) is 25.8 Å². The number of nitrogens with zero attached hydrogens (tertiary/aromatic N) is 2. The molecule has 174 valence electrons. The van der Waals surface area contributed by atoms with Crippen molar-refractivity contribution in [1.29, 1.82) is 0 Å². The normalized spacial score (nSPS) is 12.1. The highest BCUT2D eigenvalue weighted by molar-refractivity contribution is 6.31. The van der Waals surface area contributed by atoms with Crippen molar-refractivity contribution >= 4 is 35.7 Å². The van der Waals surface area contributed by atoms with Crippen molar-refractivity contribution in [3.63, 3.8) is 0 Å². The molecule has 0 aliphatic carbocycles. The van der Waals surface area contributed by atoms with E-state index in [1.807, 2.05) is 0 Å². The zero-order valence-corrected chi connectivity index (χ0v) is 18.2. The molecule has 10 nitrogen and oxygen atoms in total. The lowest BCUT2D eigenvalue weighted by molar-refractivity contribution is -0.384. The number of esters is 2. The van der Waals surface area contributed by atoms with Crippen LogP contribution < -0.4 is 0 Å². The number of hydrogen-bond donors (Lipinski definition) is 0. The summed E-state index contributed by atoms with van der Waals surface area (Å²) in [5.74, 6) is -2.44. The quantitative estimate of drug-likeness (QED) is 0.106. The minimum Gasteiger partial charge on any atom is -0.457 e. The lowest BCUT2D eigenvalue weighted by Crippen LogP contribution is -2.48. The third kappa shape index (κ3) is 5.36. The van der Waals surface area contributed by atoms with Crippen LogP contribution >= 0.6 is 11.6 Å². The van der Waals surface area contributed by atoms with Crippen molar-refractivity contribution in [2.75, 3.05) is 0 Å². The number of nitro groups is 1. The zero-order chi connectivity index (χ0) is 24.6. The third-order valence-corrected chi connectivity index (χ3v) is 5.09. The summed E-state index contributed by atoms with van der Waals surface area (Å²) in [6, 6.07) is 14.4. The van der Waals surface area contributed by atoms with Crippen molar-refractivity contribution in [3.05, 3.63) is 105 Å². The van der Waals surface area contributed by atoms with Gasteiger partial charge >= 0.3 is 17.5 Å². The summed E-state index contributed by atoms with van der Waals surface area (Å²) in [5.41, 5.74) is -1.90. The van der Waals surface area contributed by atoms with Gasteiger partial charge in [0, 0.05) is 40.7 Å². The highest BCUT2D eigenvalue weighted by Crippen LogP contribution is 2.30. The summed E-state index contributed by atoms with van der Waals surface area (Å²) in [7, 11) is 0. The van der Waals surface area contributed by atoms with Crippen LogP contribution in [0.3, 0.4) is 0 Å². The molecule has 1 unspecified atom stereocenters. The van der Waals surface area contributed by atoms with Crippen molar-refractivity contribution < 1.29 is 33.5 Å². The molecule has 0 N–H and O–H groups in total. The predicted molar refractivity (Wildman–Crippen MR) is 117 cm³/mol. The van der Waals surface area contributed by atoms with E-state index >= 15 is 0 Å². The first kappa shape index (κ1) is 24.3. The fourth-order valence-electron chi connectivity index (χ4n) is 2.97. The molecule has 3 aromatic rings. The Hall–Kier alpha value is -4.31. The van der Waals surface area contributed by atoms with E-state index in [0.717, 1.165) is 0 Å². The van der Waals surface area contributed by atoms with Gasteiger partial charge in [0.25, 0.3) is 12.2 Å². The molecule has 1 atom stereocenters. The van der Waals surface area contributed by atoms with Gasteiger partial charge in [-0.15, -0.1) is 0 Å². The van der Waals surface area contributed by atoms with Crippen LogP contribution in [0.1, 0.15) is 16.7 Å². The molecule has 1 aromatic heterocycles. The number of ether oxygens (including phenoxy) is 3. The highest BCUT2D eigenvalue weighted by atomic mass is 35.5. The van der Waals surface area contributed by atoms with Crippen LogP contribution in [0.5, 0.6) is 0 Å². The largest absolute Gasteiger partial charge is 0.457 e. The van der Waals surface area contributed by atoms with Crippen molar-refractivity contribution in [1.82, 2.24) is 4.98 Å². The maximum atomic E-state index is 13.2. The van der Waals surface area contributed by atoms with Gasteiger partial charge in [0.15, 0.2) is 0 Å². The maximum absolute atomic E-state index is 13.2. The molecular weight excluding hydrogens is 468 g/mol. The fourth-order valence-corrected chi connectivity index (χ4v) is 3.16. The Morgan fingerprint density at radius 2 is 1.59 bits per heavy atom. The molecule has 34 heavy (non-hydrogen) atoms. The zero-order valence-electron chi connectivity index (χ0n) is 17.5. The Labute approximate surface area is 198 Å². The molecule has 0 saturated heterocycles. The van der Waals surface area contributed by atoms with Crippen LogP contribution in [0.2, 0.25) is 5.02 Å². The average molecular weight is 485 g/mol. The van der Waals surface area contributed by atoms with Gasteiger partial charge < -0.3 is 14.2 Å². The van der Waals surface area contributed by atoms with Gasteiger partial charge in [0.2, 0.25) is 0 Å². The van der Waals surface area contributed by atoms with Crippen molar-refractivity contribution in [2.45, 2.75) is 18.8 Å². The number of halogens is 1. The van der Waals surface area contributed by atoms with Crippen LogP contribution in [0.15, 0.2) is 73.1 Å². The second kappa shape index (κ2) is 11.0. The Bertz CT molecular complexity index is 1190. The molecule has 0 aliphatic rings. The number of rotatable bonds is 10. The second-order valence-electron chi connectivity index (χ2n) is 6.80. The minimum absolute atomic E-state index is 0.0486. The Kier molecular flexibility index (Phi) is 7.88. The minimum atomic E-state index is -2.58. The summed E-state index contributed by atoms with van der Waals surface area (Å²) in [6.07, 6.45) is 2.59. The SMILES string of the molecule is O=COC(C(=O)OCc1ccc([N+](=O)[O-])cc1)(C(=O)OCc1ccccc1Cl)c1ccncc1. The van der Waals surface area contributed by atoms with E-state index in [2.05, 4.69) is 4.98 Å². The van der Waals surface area contributed by atoms with Gasteiger partial charge in [-0.3, -0.25) is 19.9 Å². The predicted octanol–water partition coefficient (Wildman–Crippen LogP) is 3.50. The van der Waals surface area contributed by atoms with Crippen molar-refractivity contribution in [3.8, 4) is 0 Å². The molecule has 0 fully saturated rings. The summed E-state index contributed by atoms with van der Waals surface area (Å²) < 4.78 is 15.6. The molecule has 2 aromatic carbocycles. The van der Waals surface area contributed by atoms with Gasteiger partial charge in [-0.05, 0) is 35.9 Å². The van der Waals surface area contributed by atoms with Gasteiger partial charge in [0.1, 0.15) is 13.2 Å². The van der Waals surface area contributed by atoms with E-state index in [1.54, 1.807) is 24.3 Å². The molecule has 0 spiro atoms. The van der Waals surface area contributed by atoms with Gasteiger partial charge in [-0.2, -0.15) is 0 Å². The van der Waals surface area contributed by atoms with Crippen molar-refractivity contribution in [2.24, 2.45) is 0 Å². The number of non-ortho nitro benzene ring substituents is 1. The smallest absolute Gasteiger partial charge is 0.367 e. The molecule has 11 heteroatoms. The van der Waals surface area contributed by atoms with Gasteiger partial charge in [0.05, 0.1) is 4.92 Å². The molecular formula is C23H17ClN2O8. The van der Waals surface area contributed by atoms with E-state index in [9.17, 15) is 24.5 Å². The molecule has 0 amide bonds. The average Bonchev–Trinajstić information content (AvgIpc) is 2.86. The summed E-state index contributed by atoms with van der Waals surface area (Å²) in [6.45, 7) is -0.725. The number of benzene rings is 2. The second-order valence-corrected chi connectivity index (χ2v) is 7.21. The topological polar surface area (TPSA) is 135 Å². The molecule has 0 bridgehead atoms. The summed E-state index contributed by atoms with van der Waals surface area (Å²) in [5, 5.41) is 11.1. The van der Waals surface area contributed by atoms with Gasteiger partial charge in [-0.1, -0.05) is 29.8 Å². The molecule has 0 saturated carbocycles. The monoisotopic (exact) mass is 484 g/mol. The first-order chi connectivity index (χ1) is 16.4. The maximum Gasteiger partial charge on any atom is 0.367 e. The molecule has 0 radical (unpaired) electrons. The van der Waals surface area contributed by atoms with E-state index in [0.29, 0.717) is 16.1 Å². The lowest BCUT2D eigenvalue weighted by Gasteiger charge is -2.27. The number of hydrogen-bond acceptors (Lipinski definition) is 9. The summed E-state index contributed by atoms with van der Waals surface area (Å²) in [4.78, 5) is 51.8. The van der Waals surface area contributed by atoms with E-state index < -0.39 is 22.5 Å². The fraction of sp³-hybridized carbons (Fsp3) is 0.130. The van der Waals surface area contributed by atoms with E-state index in [-0.39, 0.29) is 30.9 Å². The third-order valence-electron chi connectivity index (χ3n) is 4.72. The number of nitro benzene ring substituents is 1. The van der Waals surface area contributed by atoms with Gasteiger partial charge in [-0.25, -0.2) is 9.59 Å². The molecule has 3 rings (SSSR count).